The number of carbonyl (C=O) groups excluding carboxylic acids is 3. The van der Waals surface area contributed by atoms with Crippen molar-refractivity contribution in [3.63, 3.8) is 0 Å². The van der Waals surface area contributed by atoms with Gasteiger partial charge in [0.05, 0.1) is 0 Å². The van der Waals surface area contributed by atoms with Gasteiger partial charge in [0.15, 0.2) is 6.10 Å². The molecule has 0 bridgehead atoms. The van der Waals surface area contributed by atoms with Crippen LogP contribution in [0.2, 0.25) is 0 Å². The molecule has 0 amide bonds. The Morgan fingerprint density at radius 3 is 1.02 bits per heavy atom. The summed E-state index contributed by atoms with van der Waals surface area (Å²) in [5, 5.41) is 0. The largest absolute Gasteiger partial charge is 0.462 e. The predicted molar refractivity (Wildman–Crippen MR) is 274 cm³/mol. The summed E-state index contributed by atoms with van der Waals surface area (Å²) in [5.74, 6) is -1.07. The molecule has 0 aliphatic rings. The van der Waals surface area contributed by atoms with Crippen molar-refractivity contribution in [2.45, 2.75) is 175 Å². The van der Waals surface area contributed by atoms with Gasteiger partial charge >= 0.3 is 17.9 Å². The molecule has 0 heterocycles. The molecule has 0 rings (SSSR count). The van der Waals surface area contributed by atoms with Crippen molar-refractivity contribution in [2.24, 2.45) is 0 Å². The van der Waals surface area contributed by atoms with Gasteiger partial charge < -0.3 is 14.2 Å². The second-order valence-electron chi connectivity index (χ2n) is 15.6. The number of hydrogen-bond acceptors (Lipinski definition) is 6. The second-order valence-corrected chi connectivity index (χ2v) is 15.6. The van der Waals surface area contributed by atoms with Crippen LogP contribution in [0.4, 0.5) is 0 Å². The van der Waals surface area contributed by atoms with Gasteiger partial charge in [-0.05, 0) is 77.0 Å². The average molecular weight is 879 g/mol. The Morgan fingerprint density at radius 2 is 0.625 bits per heavy atom. The highest BCUT2D eigenvalue weighted by atomic mass is 16.6. The quantitative estimate of drug-likeness (QED) is 0.0263. The molecule has 0 aliphatic carbocycles. The van der Waals surface area contributed by atoms with Crippen molar-refractivity contribution < 1.29 is 28.6 Å². The number of rotatable bonds is 41. The Hall–Kier alpha value is -4.97. The van der Waals surface area contributed by atoms with Crippen LogP contribution < -0.4 is 0 Å². The molecule has 0 aromatic heterocycles. The van der Waals surface area contributed by atoms with Crippen molar-refractivity contribution >= 4 is 17.9 Å². The van der Waals surface area contributed by atoms with Gasteiger partial charge in [-0.25, -0.2) is 0 Å². The summed E-state index contributed by atoms with van der Waals surface area (Å²) < 4.78 is 16.7. The van der Waals surface area contributed by atoms with E-state index in [-0.39, 0.29) is 44.0 Å². The minimum Gasteiger partial charge on any atom is -0.462 e. The molecule has 0 aromatic rings. The fourth-order valence-corrected chi connectivity index (χ4v) is 5.90. The van der Waals surface area contributed by atoms with E-state index < -0.39 is 6.10 Å². The normalized spacial score (nSPS) is 13.5. The maximum absolute atomic E-state index is 12.8. The molecule has 0 saturated heterocycles. The number of unbranched alkanes of at least 4 members (excludes halogenated alkanes) is 14. The Morgan fingerprint density at radius 1 is 0.328 bits per heavy atom. The molecular formula is C58H86O6. The summed E-state index contributed by atoms with van der Waals surface area (Å²) in [6.45, 7) is 6.17. The number of ether oxygens (including phenoxy) is 3. The summed E-state index contributed by atoms with van der Waals surface area (Å²) in [6.07, 6.45) is 73.7. The first-order valence-corrected chi connectivity index (χ1v) is 24.7. The zero-order chi connectivity index (χ0) is 46.5. The van der Waals surface area contributed by atoms with E-state index in [0.717, 1.165) is 103 Å². The smallest absolute Gasteiger partial charge is 0.306 e. The van der Waals surface area contributed by atoms with E-state index in [1.807, 2.05) is 79.0 Å². The summed E-state index contributed by atoms with van der Waals surface area (Å²) in [7, 11) is 0. The molecular weight excluding hydrogens is 793 g/mol. The fraction of sp³-hybridized carbons (Fsp3) is 0.500. The molecule has 0 N–H and O–H groups in total. The van der Waals surface area contributed by atoms with Gasteiger partial charge in [-0.2, -0.15) is 0 Å². The first-order valence-electron chi connectivity index (χ1n) is 24.7. The molecule has 0 aliphatic heterocycles. The van der Waals surface area contributed by atoms with Gasteiger partial charge in [0.25, 0.3) is 0 Å². The number of hydrogen-bond donors (Lipinski definition) is 0. The summed E-state index contributed by atoms with van der Waals surface area (Å²) in [5.41, 5.74) is 0. The highest BCUT2D eigenvalue weighted by Crippen LogP contribution is 2.12. The van der Waals surface area contributed by atoms with E-state index in [4.69, 9.17) is 14.2 Å². The number of esters is 3. The molecule has 0 spiro atoms. The van der Waals surface area contributed by atoms with Crippen LogP contribution in [0.5, 0.6) is 0 Å². The van der Waals surface area contributed by atoms with Crippen LogP contribution in [-0.4, -0.2) is 37.2 Å². The lowest BCUT2D eigenvalue weighted by Gasteiger charge is -2.18. The maximum Gasteiger partial charge on any atom is 0.306 e. The fourth-order valence-electron chi connectivity index (χ4n) is 5.90. The first kappa shape index (κ1) is 59.0. The van der Waals surface area contributed by atoms with Crippen molar-refractivity contribution in [3.8, 4) is 0 Å². The van der Waals surface area contributed by atoms with Crippen LogP contribution >= 0.6 is 0 Å². The molecule has 0 aromatic carbocycles. The van der Waals surface area contributed by atoms with Gasteiger partial charge in [-0.15, -0.1) is 0 Å². The SMILES string of the molecule is CC\C=C/C=C\C=C/C=C\C=C/CCCC(=O)OCC(COC(=O)CCCCCCC\C=C/C=C\C=C/C=C\CCCCC)OC(=O)CCCCCCC\C=C/C=C\C=C/C=C\CC. The molecule has 6 heteroatoms. The minimum atomic E-state index is -0.837. The highest BCUT2D eigenvalue weighted by Gasteiger charge is 2.19. The van der Waals surface area contributed by atoms with Crippen LogP contribution in [0.1, 0.15) is 168 Å². The van der Waals surface area contributed by atoms with Gasteiger partial charge in [-0.1, -0.05) is 230 Å². The molecule has 6 nitrogen and oxygen atoms in total. The van der Waals surface area contributed by atoms with E-state index in [0.29, 0.717) is 12.8 Å². The summed E-state index contributed by atoms with van der Waals surface area (Å²) in [4.78, 5) is 37.9. The topological polar surface area (TPSA) is 78.9 Å². The van der Waals surface area contributed by atoms with Crippen molar-refractivity contribution in [1.29, 1.82) is 0 Å². The third-order valence-corrected chi connectivity index (χ3v) is 9.56. The molecule has 1 atom stereocenters. The van der Waals surface area contributed by atoms with E-state index in [2.05, 4.69) is 99.8 Å². The van der Waals surface area contributed by atoms with Gasteiger partial charge in [0.2, 0.25) is 0 Å². The van der Waals surface area contributed by atoms with Crippen molar-refractivity contribution in [1.82, 2.24) is 0 Å². The molecule has 354 valence electrons. The lowest BCUT2D eigenvalue weighted by atomic mass is 10.1. The number of carbonyl (C=O) groups is 3. The van der Waals surface area contributed by atoms with Gasteiger partial charge in [0, 0.05) is 19.3 Å². The Kier molecular flexibility index (Phi) is 46.7. The van der Waals surface area contributed by atoms with Crippen molar-refractivity contribution in [3.05, 3.63) is 158 Å². The predicted octanol–water partition coefficient (Wildman–Crippen LogP) is 16.2. The van der Waals surface area contributed by atoms with Gasteiger partial charge in [-0.3, -0.25) is 14.4 Å². The van der Waals surface area contributed by atoms with E-state index >= 15 is 0 Å². The van der Waals surface area contributed by atoms with Crippen LogP contribution in [-0.2, 0) is 28.6 Å². The standard InChI is InChI=1S/C58H86O6/c1-4-7-10-13-16-19-22-25-27-28-29-31-33-36-39-42-45-48-51-57(60)63-54-55(53-62-56(59)50-47-44-41-38-35-32-24-21-18-15-12-9-6-3)64-58(61)52-49-46-43-40-37-34-30-26-23-20-17-14-11-8-5-2/h8-9,11-12,14-32,35,38,41,55H,4-7,10,13,33-34,36-37,39-40,42-54H2,1-3H3/b11-8-,12-9-,17-14-,18-15-,19-16-,23-20-,24-21-,25-22-,28-27-,30-26-,31-29-,35-32-,41-38-. The highest BCUT2D eigenvalue weighted by molar-refractivity contribution is 5.71. The Labute approximate surface area is 390 Å². The molecule has 0 radical (unpaired) electrons. The molecule has 64 heavy (non-hydrogen) atoms. The summed E-state index contributed by atoms with van der Waals surface area (Å²) >= 11 is 0. The van der Waals surface area contributed by atoms with Crippen LogP contribution in [0.25, 0.3) is 0 Å². The van der Waals surface area contributed by atoms with E-state index in [1.54, 1.807) is 0 Å². The minimum absolute atomic E-state index is 0.131. The monoisotopic (exact) mass is 879 g/mol. The Balaban J connectivity index is 4.61. The van der Waals surface area contributed by atoms with Gasteiger partial charge in [0.1, 0.15) is 13.2 Å². The van der Waals surface area contributed by atoms with Crippen molar-refractivity contribution in [2.75, 3.05) is 13.2 Å². The van der Waals surface area contributed by atoms with Crippen LogP contribution in [0, 0.1) is 0 Å². The average Bonchev–Trinajstić information content (AvgIpc) is 3.29. The lowest BCUT2D eigenvalue weighted by molar-refractivity contribution is -0.167. The zero-order valence-electron chi connectivity index (χ0n) is 40.2. The molecule has 0 saturated carbocycles. The number of allylic oxidation sites excluding steroid dienone is 26. The molecule has 1 unspecified atom stereocenters. The molecule has 0 fully saturated rings. The Bertz CT molecular complexity index is 1520. The van der Waals surface area contributed by atoms with E-state index in [1.165, 1.54) is 19.3 Å². The zero-order valence-corrected chi connectivity index (χ0v) is 40.2. The maximum atomic E-state index is 12.8. The van der Waals surface area contributed by atoms with Crippen LogP contribution in [0.15, 0.2) is 158 Å². The second kappa shape index (κ2) is 50.7. The lowest BCUT2D eigenvalue weighted by Crippen LogP contribution is -2.30. The van der Waals surface area contributed by atoms with E-state index in [9.17, 15) is 14.4 Å². The third-order valence-electron chi connectivity index (χ3n) is 9.56. The third kappa shape index (κ3) is 48.1. The first-order chi connectivity index (χ1) is 31.5. The summed E-state index contributed by atoms with van der Waals surface area (Å²) in [6, 6.07) is 0. The van der Waals surface area contributed by atoms with Crippen LogP contribution in [0.3, 0.4) is 0 Å².